The molecule has 0 amide bonds. The van der Waals surface area contributed by atoms with Crippen molar-refractivity contribution in [2.45, 2.75) is 26.1 Å². The van der Waals surface area contributed by atoms with E-state index in [-0.39, 0.29) is 12.3 Å². The van der Waals surface area contributed by atoms with Crippen LogP contribution in [0.3, 0.4) is 0 Å². The Labute approximate surface area is 150 Å². The van der Waals surface area contributed by atoms with Crippen molar-refractivity contribution >= 4 is 5.96 Å². The van der Waals surface area contributed by atoms with Crippen LogP contribution in [-0.2, 0) is 6.42 Å². The number of rotatable bonds is 9. The number of aliphatic imine (C=N–C) groups is 1. The Morgan fingerprint density at radius 1 is 1.23 bits per heavy atom. The predicted molar refractivity (Wildman–Crippen MR) is 94.4 cm³/mol. The fourth-order valence-electron chi connectivity index (χ4n) is 2.26. The first-order valence-corrected chi connectivity index (χ1v) is 8.36. The SMILES string of the molecule is CCNC(=NCC(O)c1ccc(OC(F)F)cc1)NCCc1ccco1. The van der Waals surface area contributed by atoms with Crippen molar-refractivity contribution in [2.75, 3.05) is 19.6 Å². The molecule has 0 aliphatic heterocycles. The van der Waals surface area contributed by atoms with Crippen LogP contribution >= 0.6 is 0 Å². The Kier molecular flexibility index (Phi) is 7.88. The highest BCUT2D eigenvalue weighted by Gasteiger charge is 2.09. The van der Waals surface area contributed by atoms with E-state index in [1.807, 2.05) is 19.1 Å². The molecule has 1 heterocycles. The molecule has 1 aromatic heterocycles. The number of alkyl halides is 2. The van der Waals surface area contributed by atoms with Gasteiger partial charge in [0.25, 0.3) is 0 Å². The first kappa shape index (κ1) is 19.7. The predicted octanol–water partition coefficient (Wildman–Crippen LogP) is 2.71. The number of ether oxygens (including phenoxy) is 1. The standard InChI is InChI=1S/C18H23F2N3O3/c1-2-21-18(22-10-9-14-4-3-11-25-14)23-12-16(24)13-5-7-15(8-6-13)26-17(19)20/h3-8,11,16-17,24H,2,9-10,12H2,1H3,(H2,21,22,23). The summed E-state index contributed by atoms with van der Waals surface area (Å²) >= 11 is 0. The number of furan rings is 1. The van der Waals surface area contributed by atoms with Gasteiger partial charge in [0, 0.05) is 19.5 Å². The van der Waals surface area contributed by atoms with E-state index in [1.165, 1.54) is 24.3 Å². The molecule has 0 fully saturated rings. The fraction of sp³-hybridized carbons (Fsp3) is 0.389. The Morgan fingerprint density at radius 2 is 2.00 bits per heavy atom. The van der Waals surface area contributed by atoms with Gasteiger partial charge in [-0.15, -0.1) is 0 Å². The van der Waals surface area contributed by atoms with Gasteiger partial charge in [0.2, 0.25) is 0 Å². The summed E-state index contributed by atoms with van der Waals surface area (Å²) in [6, 6.07) is 9.59. The van der Waals surface area contributed by atoms with Crippen LogP contribution in [0.25, 0.3) is 0 Å². The Balaban J connectivity index is 1.86. The number of aliphatic hydroxyl groups is 1. The van der Waals surface area contributed by atoms with E-state index in [0.717, 1.165) is 5.76 Å². The zero-order valence-electron chi connectivity index (χ0n) is 14.5. The summed E-state index contributed by atoms with van der Waals surface area (Å²) < 4.78 is 33.8. The highest BCUT2D eigenvalue weighted by molar-refractivity contribution is 5.79. The van der Waals surface area contributed by atoms with Crippen molar-refractivity contribution in [1.82, 2.24) is 10.6 Å². The second-order valence-corrected chi connectivity index (χ2v) is 5.44. The topological polar surface area (TPSA) is 79.0 Å². The van der Waals surface area contributed by atoms with E-state index in [4.69, 9.17) is 4.42 Å². The summed E-state index contributed by atoms with van der Waals surface area (Å²) in [6.45, 7) is 0.523. The Hall–Kier alpha value is -2.61. The van der Waals surface area contributed by atoms with E-state index >= 15 is 0 Å². The van der Waals surface area contributed by atoms with Crippen molar-refractivity contribution in [3.05, 3.63) is 54.0 Å². The van der Waals surface area contributed by atoms with Gasteiger partial charge in [-0.05, 0) is 36.8 Å². The van der Waals surface area contributed by atoms with Gasteiger partial charge in [-0.2, -0.15) is 8.78 Å². The lowest BCUT2D eigenvalue weighted by Gasteiger charge is -2.13. The molecular formula is C18H23F2N3O3. The van der Waals surface area contributed by atoms with E-state index in [2.05, 4.69) is 20.4 Å². The average molecular weight is 367 g/mol. The van der Waals surface area contributed by atoms with Gasteiger partial charge in [-0.1, -0.05) is 12.1 Å². The van der Waals surface area contributed by atoms with Crippen LogP contribution in [-0.4, -0.2) is 37.3 Å². The van der Waals surface area contributed by atoms with Crippen molar-refractivity contribution in [3.63, 3.8) is 0 Å². The molecule has 2 aromatic rings. The summed E-state index contributed by atoms with van der Waals surface area (Å²) in [7, 11) is 0. The van der Waals surface area contributed by atoms with Crippen LogP contribution in [0.5, 0.6) is 5.75 Å². The number of hydrogen-bond acceptors (Lipinski definition) is 4. The molecule has 0 saturated heterocycles. The van der Waals surface area contributed by atoms with Gasteiger partial charge in [0.1, 0.15) is 11.5 Å². The van der Waals surface area contributed by atoms with Crippen LogP contribution in [0.2, 0.25) is 0 Å². The summed E-state index contributed by atoms with van der Waals surface area (Å²) in [4.78, 5) is 4.34. The maximum Gasteiger partial charge on any atom is 0.387 e. The number of nitrogens with zero attached hydrogens (tertiary/aromatic N) is 1. The Morgan fingerprint density at radius 3 is 2.62 bits per heavy atom. The molecule has 8 heteroatoms. The zero-order valence-corrected chi connectivity index (χ0v) is 14.5. The summed E-state index contributed by atoms with van der Waals surface area (Å²) in [5.41, 5.74) is 0.571. The van der Waals surface area contributed by atoms with Gasteiger partial charge < -0.3 is 24.9 Å². The molecule has 1 aromatic carbocycles. The molecule has 26 heavy (non-hydrogen) atoms. The molecule has 1 atom stereocenters. The third kappa shape index (κ3) is 6.72. The fourth-order valence-corrected chi connectivity index (χ4v) is 2.26. The molecule has 3 N–H and O–H groups in total. The maximum atomic E-state index is 12.1. The second kappa shape index (κ2) is 10.4. The van der Waals surface area contributed by atoms with E-state index < -0.39 is 12.7 Å². The lowest BCUT2D eigenvalue weighted by Crippen LogP contribution is -2.38. The third-order valence-electron chi connectivity index (χ3n) is 3.50. The van der Waals surface area contributed by atoms with Crippen molar-refractivity contribution in [1.29, 1.82) is 0 Å². The van der Waals surface area contributed by atoms with Gasteiger partial charge >= 0.3 is 6.61 Å². The highest BCUT2D eigenvalue weighted by atomic mass is 19.3. The van der Waals surface area contributed by atoms with Crippen molar-refractivity contribution in [3.8, 4) is 5.75 Å². The summed E-state index contributed by atoms with van der Waals surface area (Å²) in [6.07, 6.45) is 1.49. The minimum absolute atomic E-state index is 0.0485. The molecule has 0 radical (unpaired) electrons. The number of guanidine groups is 1. The van der Waals surface area contributed by atoms with Gasteiger partial charge in [0.05, 0.1) is 18.9 Å². The molecule has 142 valence electrons. The van der Waals surface area contributed by atoms with Crippen LogP contribution in [0.4, 0.5) is 8.78 Å². The Bertz CT molecular complexity index is 661. The third-order valence-corrected chi connectivity index (χ3v) is 3.50. The molecule has 0 aliphatic rings. The van der Waals surface area contributed by atoms with Gasteiger partial charge in [-0.3, -0.25) is 4.99 Å². The molecule has 0 saturated carbocycles. The van der Waals surface area contributed by atoms with E-state index in [1.54, 1.807) is 6.26 Å². The molecule has 0 aliphatic carbocycles. The summed E-state index contributed by atoms with van der Waals surface area (Å²) in [5.74, 6) is 1.50. The van der Waals surface area contributed by atoms with Crippen LogP contribution in [0, 0.1) is 0 Å². The first-order valence-electron chi connectivity index (χ1n) is 8.36. The number of nitrogens with one attached hydrogen (secondary N) is 2. The summed E-state index contributed by atoms with van der Waals surface area (Å²) in [5, 5.41) is 16.5. The number of hydrogen-bond donors (Lipinski definition) is 3. The minimum Gasteiger partial charge on any atom is -0.469 e. The van der Waals surface area contributed by atoms with E-state index in [0.29, 0.717) is 31.0 Å². The van der Waals surface area contributed by atoms with Gasteiger partial charge in [-0.25, -0.2) is 0 Å². The second-order valence-electron chi connectivity index (χ2n) is 5.44. The van der Waals surface area contributed by atoms with Crippen molar-refractivity contribution in [2.24, 2.45) is 4.99 Å². The average Bonchev–Trinajstić information content (AvgIpc) is 3.13. The maximum absolute atomic E-state index is 12.1. The van der Waals surface area contributed by atoms with Crippen LogP contribution in [0.1, 0.15) is 24.4 Å². The normalized spacial score (nSPS) is 12.9. The van der Waals surface area contributed by atoms with E-state index in [9.17, 15) is 13.9 Å². The van der Waals surface area contributed by atoms with Gasteiger partial charge in [0.15, 0.2) is 5.96 Å². The number of halogens is 2. The smallest absolute Gasteiger partial charge is 0.387 e. The number of benzene rings is 1. The minimum atomic E-state index is -2.87. The molecule has 1 unspecified atom stereocenters. The highest BCUT2D eigenvalue weighted by Crippen LogP contribution is 2.19. The molecule has 2 rings (SSSR count). The number of aliphatic hydroxyl groups excluding tert-OH is 1. The molecule has 6 nitrogen and oxygen atoms in total. The lowest BCUT2D eigenvalue weighted by molar-refractivity contribution is -0.0498. The van der Waals surface area contributed by atoms with Crippen LogP contribution in [0.15, 0.2) is 52.1 Å². The van der Waals surface area contributed by atoms with Crippen LogP contribution < -0.4 is 15.4 Å². The largest absolute Gasteiger partial charge is 0.469 e. The van der Waals surface area contributed by atoms with Crippen molar-refractivity contribution < 1.29 is 23.0 Å². The molecule has 0 bridgehead atoms. The zero-order chi connectivity index (χ0) is 18.8. The quantitative estimate of drug-likeness (QED) is 0.469. The lowest BCUT2D eigenvalue weighted by atomic mass is 10.1. The molecule has 0 spiro atoms. The first-order chi connectivity index (χ1) is 12.6. The molecular weight excluding hydrogens is 344 g/mol. The monoisotopic (exact) mass is 367 g/mol.